The van der Waals surface area contributed by atoms with Crippen molar-refractivity contribution in [3.63, 3.8) is 0 Å². The van der Waals surface area contributed by atoms with E-state index in [4.69, 9.17) is 4.74 Å². The lowest BCUT2D eigenvalue weighted by Crippen LogP contribution is -2.22. The normalized spacial score (nSPS) is 14.0. The lowest BCUT2D eigenvalue weighted by Gasteiger charge is -2.07. The van der Waals surface area contributed by atoms with E-state index in [2.05, 4.69) is 45.3 Å². The van der Waals surface area contributed by atoms with Crippen molar-refractivity contribution < 1.29 is 14.3 Å². The lowest BCUT2D eigenvalue weighted by atomic mass is 9.96. The highest BCUT2D eigenvalue weighted by Crippen LogP contribution is 2.40. The average Bonchev–Trinajstić information content (AvgIpc) is 3.22. The molecule has 0 fully saturated rings. The second-order valence-corrected chi connectivity index (χ2v) is 7.85. The zero-order chi connectivity index (χ0) is 20.5. The van der Waals surface area contributed by atoms with E-state index >= 15 is 0 Å². The fourth-order valence-corrected chi connectivity index (χ4v) is 4.14. The molecule has 0 bridgehead atoms. The lowest BCUT2D eigenvalue weighted by molar-refractivity contribution is -0.123. The van der Waals surface area contributed by atoms with Gasteiger partial charge in [-0.05, 0) is 76.3 Å². The molecule has 0 aliphatic carbocycles. The van der Waals surface area contributed by atoms with E-state index in [-0.39, 0.29) is 4.48 Å². The Labute approximate surface area is 177 Å². The molecule has 0 saturated carbocycles. The Morgan fingerprint density at radius 2 is 1.79 bits per heavy atom. The molecule has 0 spiro atoms. The molecule has 0 atom stereocenters. The Bertz CT molecular complexity index is 1140. The van der Waals surface area contributed by atoms with Crippen molar-refractivity contribution in [2.45, 2.75) is 26.2 Å². The number of carbonyl (C=O) groups is 2. The summed E-state index contributed by atoms with van der Waals surface area (Å²) >= 11 is 3.32. The van der Waals surface area contributed by atoms with E-state index in [0.29, 0.717) is 5.57 Å². The number of unbranched alkanes of at least 4 members (excludes halogenated alkanes) is 1. The summed E-state index contributed by atoms with van der Waals surface area (Å²) in [7, 11) is 1.62. The first-order valence-corrected chi connectivity index (χ1v) is 10.4. The van der Waals surface area contributed by atoms with Crippen LogP contribution in [-0.4, -0.2) is 23.9 Å². The molecule has 0 saturated heterocycles. The van der Waals surface area contributed by atoms with Crippen LogP contribution in [0.1, 0.15) is 30.9 Å². The number of fused-ring (bicyclic) bond motifs is 1. The third-order valence-corrected chi connectivity index (χ3v) is 5.94. The molecule has 6 heteroatoms. The summed E-state index contributed by atoms with van der Waals surface area (Å²) in [6, 6.07) is 13.9. The van der Waals surface area contributed by atoms with Gasteiger partial charge in [0.15, 0.2) is 0 Å². The highest BCUT2D eigenvalue weighted by atomic mass is 79.9. The molecule has 4 rings (SSSR count). The molecular formula is C23H21BrN2O3. The number of rotatable bonds is 6. The van der Waals surface area contributed by atoms with Gasteiger partial charge in [0.25, 0.3) is 11.8 Å². The maximum absolute atomic E-state index is 12.6. The molecule has 1 aromatic heterocycles. The number of aromatic amines is 1. The van der Waals surface area contributed by atoms with Gasteiger partial charge in [-0.25, -0.2) is 0 Å². The molecule has 1 aliphatic rings. The van der Waals surface area contributed by atoms with Gasteiger partial charge in [-0.15, -0.1) is 0 Å². The van der Waals surface area contributed by atoms with Crippen LogP contribution in [0.3, 0.4) is 0 Å². The fraction of sp³-hybridized carbons (Fsp3) is 0.217. The van der Waals surface area contributed by atoms with Crippen molar-refractivity contribution in [1.29, 1.82) is 0 Å². The summed E-state index contributed by atoms with van der Waals surface area (Å²) in [5.41, 5.74) is 4.94. The zero-order valence-electron chi connectivity index (χ0n) is 16.3. The van der Waals surface area contributed by atoms with Crippen LogP contribution in [0.5, 0.6) is 5.75 Å². The number of carbonyl (C=O) groups excluding carboxylic acids is 2. The van der Waals surface area contributed by atoms with E-state index in [1.165, 1.54) is 5.56 Å². The zero-order valence-corrected chi connectivity index (χ0v) is 17.9. The van der Waals surface area contributed by atoms with Crippen LogP contribution < -0.4 is 10.1 Å². The molecule has 2 amide bonds. The van der Waals surface area contributed by atoms with Gasteiger partial charge in [0.1, 0.15) is 5.75 Å². The highest BCUT2D eigenvalue weighted by Gasteiger charge is 2.33. The van der Waals surface area contributed by atoms with E-state index < -0.39 is 11.8 Å². The van der Waals surface area contributed by atoms with Crippen LogP contribution in [0.25, 0.3) is 27.7 Å². The first kappa shape index (κ1) is 19.5. The molecule has 29 heavy (non-hydrogen) atoms. The summed E-state index contributed by atoms with van der Waals surface area (Å²) in [5, 5.41) is 3.31. The topological polar surface area (TPSA) is 71.2 Å². The van der Waals surface area contributed by atoms with Gasteiger partial charge in [-0.2, -0.15) is 0 Å². The van der Waals surface area contributed by atoms with Crippen molar-refractivity contribution in [1.82, 2.24) is 10.3 Å². The number of ether oxygens (including phenoxy) is 1. The fourth-order valence-electron chi connectivity index (χ4n) is 3.67. The Hall–Kier alpha value is -2.86. The van der Waals surface area contributed by atoms with Crippen LogP contribution in [0.4, 0.5) is 0 Å². The van der Waals surface area contributed by atoms with E-state index in [9.17, 15) is 9.59 Å². The first-order valence-electron chi connectivity index (χ1n) is 9.58. The van der Waals surface area contributed by atoms with Crippen molar-refractivity contribution in [3.8, 4) is 17.0 Å². The van der Waals surface area contributed by atoms with E-state index in [1.54, 1.807) is 7.11 Å². The largest absolute Gasteiger partial charge is 0.497 e. The van der Waals surface area contributed by atoms with Gasteiger partial charge in [-0.3, -0.25) is 14.9 Å². The Morgan fingerprint density at radius 3 is 2.41 bits per heavy atom. The standard InChI is InChI=1S/C23H21BrN2O3/c1-3-4-5-13-6-11-17-16(12-13)18(19-20(24)23(28)26-22(19)27)21(25-17)14-7-9-15(29-2)10-8-14/h6-12,25H,3-5H2,1-2H3,(H,26,27,28). The maximum atomic E-state index is 12.6. The first-order chi connectivity index (χ1) is 14.0. The summed E-state index contributed by atoms with van der Waals surface area (Å²) < 4.78 is 5.52. The molecule has 0 unspecified atom stereocenters. The summed E-state index contributed by atoms with van der Waals surface area (Å²) in [6.07, 6.45) is 3.19. The van der Waals surface area contributed by atoms with Gasteiger partial charge in [0.2, 0.25) is 0 Å². The number of benzene rings is 2. The number of amides is 2. The molecule has 148 valence electrons. The summed E-state index contributed by atoms with van der Waals surface area (Å²) in [4.78, 5) is 28.2. The monoisotopic (exact) mass is 452 g/mol. The number of aromatic nitrogens is 1. The van der Waals surface area contributed by atoms with Crippen molar-refractivity contribution in [2.75, 3.05) is 7.11 Å². The summed E-state index contributed by atoms with van der Waals surface area (Å²) in [6.45, 7) is 2.17. The maximum Gasteiger partial charge on any atom is 0.265 e. The molecule has 0 radical (unpaired) electrons. The highest BCUT2D eigenvalue weighted by molar-refractivity contribution is 9.12. The van der Waals surface area contributed by atoms with Crippen LogP contribution in [-0.2, 0) is 16.0 Å². The molecule has 3 aromatic rings. The minimum absolute atomic E-state index is 0.261. The number of hydrogen-bond donors (Lipinski definition) is 2. The van der Waals surface area contributed by atoms with Gasteiger partial charge in [-0.1, -0.05) is 19.4 Å². The minimum atomic E-state index is -0.415. The minimum Gasteiger partial charge on any atom is -0.497 e. The average molecular weight is 453 g/mol. The van der Waals surface area contributed by atoms with E-state index in [0.717, 1.165) is 52.7 Å². The molecule has 2 heterocycles. The van der Waals surface area contributed by atoms with Crippen LogP contribution >= 0.6 is 15.9 Å². The van der Waals surface area contributed by atoms with Gasteiger partial charge >= 0.3 is 0 Å². The van der Waals surface area contributed by atoms with Crippen molar-refractivity contribution in [2.24, 2.45) is 0 Å². The predicted molar refractivity (Wildman–Crippen MR) is 118 cm³/mol. The molecule has 1 aliphatic heterocycles. The van der Waals surface area contributed by atoms with E-state index in [1.807, 2.05) is 30.3 Å². The molecule has 2 aromatic carbocycles. The van der Waals surface area contributed by atoms with Crippen LogP contribution in [0, 0.1) is 0 Å². The Kier molecular flexibility index (Phi) is 5.28. The van der Waals surface area contributed by atoms with Crippen molar-refractivity contribution >= 4 is 44.2 Å². The quantitative estimate of drug-likeness (QED) is 0.519. The van der Waals surface area contributed by atoms with Crippen LogP contribution in [0.15, 0.2) is 46.9 Å². The number of nitrogens with one attached hydrogen (secondary N) is 2. The number of methoxy groups -OCH3 is 1. The SMILES string of the molecule is CCCCc1ccc2[nH]c(-c3ccc(OC)cc3)c(C3=C(Br)C(=O)NC3=O)c2c1. The number of imide groups is 1. The van der Waals surface area contributed by atoms with Gasteiger partial charge in [0.05, 0.1) is 22.9 Å². The smallest absolute Gasteiger partial charge is 0.265 e. The summed E-state index contributed by atoms with van der Waals surface area (Å²) in [5.74, 6) is -0.0545. The second-order valence-electron chi connectivity index (χ2n) is 7.06. The third kappa shape index (κ3) is 3.49. The Morgan fingerprint density at radius 1 is 1.03 bits per heavy atom. The number of aryl methyl sites for hydroxylation is 1. The number of halogens is 1. The van der Waals surface area contributed by atoms with Crippen molar-refractivity contribution in [3.05, 3.63) is 58.1 Å². The second kappa shape index (κ2) is 7.87. The van der Waals surface area contributed by atoms with Gasteiger partial charge < -0.3 is 9.72 Å². The molecular weight excluding hydrogens is 432 g/mol. The van der Waals surface area contributed by atoms with Gasteiger partial charge in [0, 0.05) is 16.5 Å². The number of hydrogen-bond acceptors (Lipinski definition) is 3. The molecule has 2 N–H and O–H groups in total. The van der Waals surface area contributed by atoms with Crippen LogP contribution in [0.2, 0.25) is 0 Å². The molecule has 5 nitrogen and oxygen atoms in total. The third-order valence-electron chi connectivity index (χ3n) is 5.18. The Balaban J connectivity index is 1.97. The number of H-pyrrole nitrogens is 1. The predicted octanol–water partition coefficient (Wildman–Crippen LogP) is 4.95.